The van der Waals surface area contributed by atoms with Crippen molar-refractivity contribution >= 4 is 22.5 Å². The molecule has 1 aromatic carbocycles. The number of nitrogens with zero attached hydrogens (tertiary/aromatic N) is 3. The van der Waals surface area contributed by atoms with Crippen molar-refractivity contribution in [2.45, 2.75) is 19.3 Å². The van der Waals surface area contributed by atoms with E-state index < -0.39 is 0 Å². The number of benzene rings is 1. The lowest BCUT2D eigenvalue weighted by molar-refractivity contribution is -0.121. The number of pyridine rings is 1. The van der Waals surface area contributed by atoms with Gasteiger partial charge in [-0.05, 0) is 30.2 Å². The van der Waals surface area contributed by atoms with Crippen molar-refractivity contribution < 1.29 is 4.79 Å². The molecule has 0 fully saturated rings. The number of aryl methyl sites for hydroxylation is 1. The molecule has 4 aromatic rings. The maximum Gasteiger partial charge on any atom is 0.279 e. The number of H-pyrrole nitrogens is 1. The number of fused-ring (bicyclic) bond motifs is 2. The standard InChI is InChI=1S/C20H19N5O2/c26-19(21-11-10-14-13-22-16-6-2-1-5-15(14)16)9-8-17-20(27)25-12-4-3-7-18(25)24-23-17/h1-7,12-13,22H,8-11H2,(H,21,26). The molecule has 0 saturated carbocycles. The summed E-state index contributed by atoms with van der Waals surface area (Å²) in [5.74, 6) is -0.103. The number of aromatic amines is 1. The molecule has 3 heterocycles. The van der Waals surface area contributed by atoms with Gasteiger partial charge in [-0.1, -0.05) is 24.3 Å². The van der Waals surface area contributed by atoms with Gasteiger partial charge in [0, 0.05) is 42.7 Å². The zero-order chi connectivity index (χ0) is 18.6. The van der Waals surface area contributed by atoms with Crippen LogP contribution in [-0.2, 0) is 17.6 Å². The van der Waals surface area contributed by atoms with E-state index in [1.54, 1.807) is 24.4 Å². The molecule has 1 amide bonds. The van der Waals surface area contributed by atoms with Gasteiger partial charge in [0.15, 0.2) is 5.65 Å². The minimum atomic E-state index is -0.229. The monoisotopic (exact) mass is 361 g/mol. The fraction of sp³-hybridized carbons (Fsp3) is 0.200. The third kappa shape index (κ3) is 3.57. The molecule has 0 atom stereocenters. The van der Waals surface area contributed by atoms with Crippen LogP contribution in [0.15, 0.2) is 59.7 Å². The molecule has 0 spiro atoms. The van der Waals surface area contributed by atoms with Crippen LogP contribution in [0.3, 0.4) is 0 Å². The Balaban J connectivity index is 1.32. The number of rotatable bonds is 6. The summed E-state index contributed by atoms with van der Waals surface area (Å²) in [6.45, 7) is 0.545. The van der Waals surface area contributed by atoms with Crippen molar-refractivity contribution in [2.24, 2.45) is 0 Å². The van der Waals surface area contributed by atoms with Crippen LogP contribution in [0.1, 0.15) is 17.7 Å². The molecule has 7 heteroatoms. The lowest BCUT2D eigenvalue weighted by atomic mass is 10.1. The first-order valence-corrected chi connectivity index (χ1v) is 8.87. The van der Waals surface area contributed by atoms with Crippen LogP contribution in [-0.4, -0.2) is 32.0 Å². The quantitative estimate of drug-likeness (QED) is 0.548. The van der Waals surface area contributed by atoms with Crippen molar-refractivity contribution in [3.8, 4) is 0 Å². The van der Waals surface area contributed by atoms with Crippen LogP contribution in [0.5, 0.6) is 0 Å². The topological polar surface area (TPSA) is 92.2 Å². The minimum Gasteiger partial charge on any atom is -0.361 e. The van der Waals surface area contributed by atoms with Crippen LogP contribution in [0.4, 0.5) is 0 Å². The molecule has 27 heavy (non-hydrogen) atoms. The highest BCUT2D eigenvalue weighted by molar-refractivity contribution is 5.83. The summed E-state index contributed by atoms with van der Waals surface area (Å²) < 4.78 is 1.44. The highest BCUT2D eigenvalue weighted by Gasteiger charge is 2.10. The molecule has 4 rings (SSSR count). The SMILES string of the molecule is O=C(CCc1nnc2ccccn2c1=O)NCCc1c[nH]c2ccccc12. The van der Waals surface area contributed by atoms with E-state index in [1.807, 2.05) is 24.4 Å². The second-order valence-corrected chi connectivity index (χ2v) is 6.34. The fourth-order valence-electron chi connectivity index (χ4n) is 3.13. The number of carbonyl (C=O) groups is 1. The predicted molar refractivity (Wildman–Crippen MR) is 103 cm³/mol. The fourth-order valence-corrected chi connectivity index (χ4v) is 3.13. The zero-order valence-corrected chi connectivity index (χ0v) is 14.7. The van der Waals surface area contributed by atoms with E-state index in [4.69, 9.17) is 0 Å². The van der Waals surface area contributed by atoms with Gasteiger partial charge in [-0.3, -0.25) is 14.0 Å². The van der Waals surface area contributed by atoms with Crippen molar-refractivity contribution in [3.05, 3.63) is 76.5 Å². The highest BCUT2D eigenvalue weighted by atomic mass is 16.1. The van der Waals surface area contributed by atoms with Crippen LogP contribution in [0, 0.1) is 0 Å². The summed E-state index contributed by atoms with van der Waals surface area (Å²) in [4.78, 5) is 27.7. The zero-order valence-electron chi connectivity index (χ0n) is 14.7. The van der Waals surface area contributed by atoms with E-state index in [2.05, 4.69) is 26.6 Å². The average molecular weight is 361 g/mol. The van der Waals surface area contributed by atoms with Crippen LogP contribution in [0.2, 0.25) is 0 Å². The van der Waals surface area contributed by atoms with Crippen molar-refractivity contribution in [2.75, 3.05) is 6.54 Å². The Labute approximate surface area is 155 Å². The van der Waals surface area contributed by atoms with Gasteiger partial charge in [-0.2, -0.15) is 0 Å². The van der Waals surface area contributed by atoms with Gasteiger partial charge in [0.2, 0.25) is 5.91 Å². The molecule has 0 radical (unpaired) electrons. The number of nitrogens with one attached hydrogen (secondary N) is 2. The van der Waals surface area contributed by atoms with Gasteiger partial charge in [0.05, 0.1) is 0 Å². The molecule has 2 N–H and O–H groups in total. The summed E-state index contributed by atoms with van der Waals surface area (Å²) in [5, 5.41) is 12.1. The molecule has 0 aliphatic heterocycles. The first kappa shape index (κ1) is 17.0. The first-order chi connectivity index (χ1) is 13.2. The second-order valence-electron chi connectivity index (χ2n) is 6.34. The van der Waals surface area contributed by atoms with E-state index in [0.717, 1.165) is 11.9 Å². The minimum absolute atomic E-state index is 0.103. The Morgan fingerprint density at radius 3 is 2.85 bits per heavy atom. The summed E-state index contributed by atoms with van der Waals surface area (Å²) in [5.41, 5.74) is 2.82. The molecule has 136 valence electrons. The van der Waals surface area contributed by atoms with Gasteiger partial charge >= 0.3 is 0 Å². The average Bonchev–Trinajstić information content (AvgIpc) is 3.11. The van der Waals surface area contributed by atoms with Crippen molar-refractivity contribution in [1.82, 2.24) is 24.9 Å². The molecule has 0 bridgehead atoms. The van der Waals surface area contributed by atoms with Crippen LogP contribution in [0.25, 0.3) is 16.6 Å². The largest absolute Gasteiger partial charge is 0.361 e. The smallest absolute Gasteiger partial charge is 0.279 e. The van der Waals surface area contributed by atoms with Crippen molar-refractivity contribution in [1.29, 1.82) is 0 Å². The number of para-hydroxylation sites is 1. The second kappa shape index (κ2) is 7.41. The number of hydrogen-bond acceptors (Lipinski definition) is 4. The highest BCUT2D eigenvalue weighted by Crippen LogP contribution is 2.17. The van der Waals surface area contributed by atoms with E-state index in [-0.39, 0.29) is 24.3 Å². The maximum absolute atomic E-state index is 12.4. The Morgan fingerprint density at radius 2 is 1.93 bits per heavy atom. The van der Waals surface area contributed by atoms with E-state index in [9.17, 15) is 9.59 Å². The Hall–Kier alpha value is -3.48. The molecule has 0 saturated heterocycles. The van der Waals surface area contributed by atoms with Crippen LogP contribution >= 0.6 is 0 Å². The number of amides is 1. The summed E-state index contributed by atoms with van der Waals surface area (Å²) in [6.07, 6.45) is 4.84. The van der Waals surface area contributed by atoms with Crippen molar-refractivity contribution in [3.63, 3.8) is 0 Å². The van der Waals surface area contributed by atoms with Gasteiger partial charge < -0.3 is 10.3 Å². The Morgan fingerprint density at radius 1 is 1.07 bits per heavy atom. The Kier molecular flexibility index (Phi) is 4.65. The third-order valence-corrected chi connectivity index (χ3v) is 4.56. The molecule has 0 aliphatic rings. The maximum atomic E-state index is 12.4. The summed E-state index contributed by atoms with van der Waals surface area (Å²) in [7, 11) is 0. The predicted octanol–water partition coefficient (Wildman–Crippen LogP) is 1.86. The Bertz CT molecular complexity index is 1160. The van der Waals surface area contributed by atoms with E-state index in [0.29, 0.717) is 17.9 Å². The lowest BCUT2D eigenvalue weighted by Crippen LogP contribution is -2.28. The van der Waals surface area contributed by atoms with E-state index in [1.165, 1.54) is 15.4 Å². The molecule has 7 nitrogen and oxygen atoms in total. The summed E-state index contributed by atoms with van der Waals surface area (Å²) in [6, 6.07) is 13.4. The molecular formula is C20H19N5O2. The lowest BCUT2D eigenvalue weighted by Gasteiger charge is -2.05. The van der Waals surface area contributed by atoms with Gasteiger partial charge in [0.1, 0.15) is 5.69 Å². The normalized spacial score (nSPS) is 11.1. The number of aromatic nitrogens is 4. The number of carbonyl (C=O) groups excluding carboxylic acids is 1. The molecule has 3 aromatic heterocycles. The molecule has 0 unspecified atom stereocenters. The third-order valence-electron chi connectivity index (χ3n) is 4.56. The van der Waals surface area contributed by atoms with Gasteiger partial charge in [-0.25, -0.2) is 0 Å². The van der Waals surface area contributed by atoms with Gasteiger partial charge in [-0.15, -0.1) is 10.2 Å². The summed E-state index contributed by atoms with van der Waals surface area (Å²) >= 11 is 0. The molecular weight excluding hydrogens is 342 g/mol. The van der Waals surface area contributed by atoms with Gasteiger partial charge in [0.25, 0.3) is 5.56 Å². The van der Waals surface area contributed by atoms with E-state index >= 15 is 0 Å². The van der Waals surface area contributed by atoms with Crippen LogP contribution < -0.4 is 10.9 Å². The number of hydrogen-bond donors (Lipinski definition) is 2. The molecule has 0 aliphatic carbocycles. The first-order valence-electron chi connectivity index (χ1n) is 8.87.